The molecule has 0 spiro atoms. The average molecular weight is 286 g/mol. The highest BCUT2D eigenvalue weighted by Crippen LogP contribution is 2.27. The number of nitrogens with one attached hydrogen (secondary N) is 1. The lowest BCUT2D eigenvalue weighted by molar-refractivity contribution is -0.135. The third-order valence-corrected chi connectivity index (χ3v) is 5.18. The van der Waals surface area contributed by atoms with Crippen LogP contribution in [0.15, 0.2) is 24.3 Å². The summed E-state index contributed by atoms with van der Waals surface area (Å²) < 4.78 is 0. The Morgan fingerprint density at radius 2 is 2.00 bits per heavy atom. The van der Waals surface area contributed by atoms with Gasteiger partial charge in [0.1, 0.15) is 0 Å². The van der Waals surface area contributed by atoms with E-state index in [1.54, 1.807) is 0 Å². The molecule has 1 N–H and O–H groups in total. The molecule has 0 radical (unpaired) electrons. The molecule has 1 aliphatic carbocycles. The Balaban J connectivity index is 1.66. The number of carbonyl (C=O) groups is 1. The Kier molecular flexibility index (Phi) is 4.29. The molecule has 0 aromatic heterocycles. The summed E-state index contributed by atoms with van der Waals surface area (Å²) in [6, 6.07) is 8.81. The van der Waals surface area contributed by atoms with Crippen LogP contribution in [-0.2, 0) is 17.8 Å². The molecule has 3 atom stereocenters. The van der Waals surface area contributed by atoms with Crippen molar-refractivity contribution in [2.24, 2.45) is 5.92 Å². The number of likely N-dealkylation sites (N-methyl/N-ethyl adjacent to an activating group) is 1. The van der Waals surface area contributed by atoms with E-state index in [9.17, 15) is 4.79 Å². The topological polar surface area (TPSA) is 32.3 Å². The quantitative estimate of drug-likeness (QED) is 0.906. The van der Waals surface area contributed by atoms with Gasteiger partial charge in [-0.05, 0) is 36.3 Å². The second kappa shape index (κ2) is 6.18. The van der Waals surface area contributed by atoms with E-state index in [1.165, 1.54) is 24.0 Å². The van der Waals surface area contributed by atoms with Gasteiger partial charge in [-0.2, -0.15) is 0 Å². The van der Waals surface area contributed by atoms with Gasteiger partial charge in [0.05, 0.1) is 6.04 Å². The van der Waals surface area contributed by atoms with Gasteiger partial charge in [-0.15, -0.1) is 0 Å². The van der Waals surface area contributed by atoms with Gasteiger partial charge < -0.3 is 10.2 Å². The SMILES string of the molecule is CC1CCCC(N(C)C(=O)[C@H]2Cc3ccccc3CN2)C1. The first-order chi connectivity index (χ1) is 10.1. The summed E-state index contributed by atoms with van der Waals surface area (Å²) in [5, 5.41) is 3.42. The van der Waals surface area contributed by atoms with Crippen LogP contribution in [0.3, 0.4) is 0 Å². The lowest BCUT2D eigenvalue weighted by Gasteiger charge is -2.37. The van der Waals surface area contributed by atoms with Crippen LogP contribution >= 0.6 is 0 Å². The number of carbonyl (C=O) groups excluding carboxylic acids is 1. The number of amides is 1. The van der Waals surface area contributed by atoms with Crippen LogP contribution in [0.25, 0.3) is 0 Å². The van der Waals surface area contributed by atoms with Crippen LogP contribution < -0.4 is 5.32 Å². The van der Waals surface area contributed by atoms with Gasteiger partial charge >= 0.3 is 0 Å². The van der Waals surface area contributed by atoms with Crippen molar-refractivity contribution in [1.29, 1.82) is 0 Å². The largest absolute Gasteiger partial charge is 0.341 e. The fourth-order valence-electron chi connectivity index (χ4n) is 3.81. The van der Waals surface area contributed by atoms with Gasteiger partial charge in [-0.1, -0.05) is 44.0 Å². The van der Waals surface area contributed by atoms with E-state index in [1.807, 2.05) is 11.9 Å². The zero-order valence-corrected chi connectivity index (χ0v) is 13.1. The molecule has 1 aromatic rings. The average Bonchev–Trinajstić information content (AvgIpc) is 2.53. The maximum absolute atomic E-state index is 12.8. The molecule has 0 bridgehead atoms. The first-order valence-corrected chi connectivity index (χ1v) is 8.22. The van der Waals surface area contributed by atoms with Gasteiger partial charge in [0.25, 0.3) is 0 Å². The second-order valence-corrected chi connectivity index (χ2v) is 6.78. The summed E-state index contributed by atoms with van der Waals surface area (Å²) in [7, 11) is 1.99. The lowest BCUT2D eigenvalue weighted by atomic mass is 9.86. The Morgan fingerprint density at radius 1 is 1.24 bits per heavy atom. The van der Waals surface area contributed by atoms with E-state index in [0.29, 0.717) is 6.04 Å². The smallest absolute Gasteiger partial charge is 0.240 e. The van der Waals surface area contributed by atoms with Crippen molar-refractivity contribution in [3.8, 4) is 0 Å². The standard InChI is InChI=1S/C18H26N2O/c1-13-6-5-9-16(10-13)20(2)18(21)17-11-14-7-3-4-8-15(14)12-19-17/h3-4,7-8,13,16-17,19H,5-6,9-12H2,1-2H3/t13?,16?,17-/m1/s1. The molecule has 2 unspecified atom stereocenters. The molecule has 2 aliphatic rings. The van der Waals surface area contributed by atoms with Crippen molar-refractivity contribution in [2.45, 2.75) is 57.7 Å². The Bertz CT molecular complexity index is 514. The number of fused-ring (bicyclic) bond motifs is 1. The van der Waals surface area contributed by atoms with Crippen molar-refractivity contribution in [2.75, 3.05) is 7.05 Å². The third-order valence-electron chi connectivity index (χ3n) is 5.18. The summed E-state index contributed by atoms with van der Waals surface area (Å²) in [6.45, 7) is 3.11. The predicted octanol–water partition coefficient (Wildman–Crippen LogP) is 2.74. The van der Waals surface area contributed by atoms with Crippen LogP contribution in [0.1, 0.15) is 43.7 Å². The zero-order chi connectivity index (χ0) is 14.8. The maximum Gasteiger partial charge on any atom is 0.240 e. The predicted molar refractivity (Wildman–Crippen MR) is 85.0 cm³/mol. The number of benzene rings is 1. The fourth-order valence-corrected chi connectivity index (χ4v) is 3.81. The normalized spacial score (nSPS) is 28.8. The maximum atomic E-state index is 12.8. The summed E-state index contributed by atoms with van der Waals surface area (Å²) in [6.07, 6.45) is 5.71. The first kappa shape index (κ1) is 14.6. The van der Waals surface area contributed by atoms with Crippen LogP contribution in [-0.4, -0.2) is 29.9 Å². The van der Waals surface area contributed by atoms with Crippen LogP contribution in [0.2, 0.25) is 0 Å². The molecular formula is C18H26N2O. The molecule has 0 saturated heterocycles. The Hall–Kier alpha value is -1.35. The molecule has 21 heavy (non-hydrogen) atoms. The molecule has 1 heterocycles. The Morgan fingerprint density at radius 3 is 2.76 bits per heavy atom. The van der Waals surface area contributed by atoms with Crippen molar-refractivity contribution < 1.29 is 4.79 Å². The molecule has 1 saturated carbocycles. The summed E-state index contributed by atoms with van der Waals surface area (Å²) in [4.78, 5) is 14.8. The molecule has 1 fully saturated rings. The van der Waals surface area contributed by atoms with Crippen LogP contribution in [0.5, 0.6) is 0 Å². The molecule has 3 nitrogen and oxygen atoms in total. The highest BCUT2D eigenvalue weighted by atomic mass is 16.2. The minimum absolute atomic E-state index is 0.0536. The molecule has 1 aromatic carbocycles. The van der Waals surface area contributed by atoms with Gasteiger partial charge in [0.2, 0.25) is 5.91 Å². The molecule has 114 valence electrons. The third kappa shape index (κ3) is 3.13. The number of rotatable bonds is 2. The molecule has 3 heteroatoms. The van der Waals surface area contributed by atoms with Gasteiger partial charge in [-0.3, -0.25) is 4.79 Å². The second-order valence-electron chi connectivity index (χ2n) is 6.78. The monoisotopic (exact) mass is 286 g/mol. The summed E-state index contributed by atoms with van der Waals surface area (Å²) in [5.41, 5.74) is 2.65. The summed E-state index contributed by atoms with van der Waals surface area (Å²) in [5.74, 6) is 1.02. The fraction of sp³-hybridized carbons (Fsp3) is 0.611. The van der Waals surface area contributed by atoms with Gasteiger partial charge in [0, 0.05) is 19.6 Å². The lowest BCUT2D eigenvalue weighted by Crippen LogP contribution is -2.51. The number of hydrogen-bond donors (Lipinski definition) is 1. The van der Waals surface area contributed by atoms with E-state index in [0.717, 1.165) is 31.7 Å². The van der Waals surface area contributed by atoms with Gasteiger partial charge in [0.15, 0.2) is 0 Å². The molecule has 1 amide bonds. The number of nitrogens with zero attached hydrogens (tertiary/aromatic N) is 1. The van der Waals surface area contributed by atoms with Crippen molar-refractivity contribution in [3.05, 3.63) is 35.4 Å². The molecule has 1 aliphatic heterocycles. The van der Waals surface area contributed by atoms with Crippen molar-refractivity contribution in [1.82, 2.24) is 10.2 Å². The summed E-state index contributed by atoms with van der Waals surface area (Å²) >= 11 is 0. The van der Waals surface area contributed by atoms with E-state index < -0.39 is 0 Å². The van der Waals surface area contributed by atoms with Crippen LogP contribution in [0.4, 0.5) is 0 Å². The van der Waals surface area contributed by atoms with E-state index in [4.69, 9.17) is 0 Å². The Labute approximate surface area is 127 Å². The highest BCUT2D eigenvalue weighted by Gasteiger charge is 2.31. The molecular weight excluding hydrogens is 260 g/mol. The van der Waals surface area contributed by atoms with Crippen molar-refractivity contribution in [3.63, 3.8) is 0 Å². The first-order valence-electron chi connectivity index (χ1n) is 8.22. The van der Waals surface area contributed by atoms with Gasteiger partial charge in [-0.25, -0.2) is 0 Å². The van der Waals surface area contributed by atoms with E-state index in [2.05, 4.69) is 36.5 Å². The molecule has 3 rings (SSSR count). The number of hydrogen-bond acceptors (Lipinski definition) is 2. The van der Waals surface area contributed by atoms with Crippen molar-refractivity contribution >= 4 is 5.91 Å². The van der Waals surface area contributed by atoms with Crippen LogP contribution in [0, 0.1) is 5.92 Å². The highest BCUT2D eigenvalue weighted by molar-refractivity contribution is 5.82. The zero-order valence-electron chi connectivity index (χ0n) is 13.1. The minimum Gasteiger partial charge on any atom is -0.341 e. The minimum atomic E-state index is -0.0536. The van der Waals surface area contributed by atoms with E-state index >= 15 is 0 Å². The van der Waals surface area contributed by atoms with E-state index in [-0.39, 0.29) is 11.9 Å².